The highest BCUT2D eigenvalue weighted by Gasteiger charge is 2.07. The summed E-state index contributed by atoms with van der Waals surface area (Å²) in [4.78, 5) is 4.52. The first-order valence-electron chi connectivity index (χ1n) is 6.58. The van der Waals surface area contributed by atoms with Gasteiger partial charge in [-0.05, 0) is 50.1 Å². The van der Waals surface area contributed by atoms with E-state index < -0.39 is 0 Å². The van der Waals surface area contributed by atoms with Gasteiger partial charge in [-0.15, -0.1) is 10.2 Å². The smallest absolute Gasteiger partial charge is 0.182 e. The van der Waals surface area contributed by atoms with Gasteiger partial charge in [0.15, 0.2) is 5.82 Å². The van der Waals surface area contributed by atoms with Gasteiger partial charge < -0.3 is 0 Å². The van der Waals surface area contributed by atoms with Crippen LogP contribution < -0.4 is 0 Å². The lowest BCUT2D eigenvalue weighted by Crippen LogP contribution is -1.84. The van der Waals surface area contributed by atoms with E-state index in [1.54, 1.807) is 0 Å². The van der Waals surface area contributed by atoms with E-state index in [4.69, 9.17) is 0 Å². The van der Waals surface area contributed by atoms with E-state index in [0.717, 1.165) is 28.4 Å². The maximum atomic E-state index is 4.52. The summed E-state index contributed by atoms with van der Waals surface area (Å²) in [5, 5.41) is 8.73. The van der Waals surface area contributed by atoms with Crippen molar-refractivity contribution in [2.24, 2.45) is 10.2 Å². The third-order valence-electron chi connectivity index (χ3n) is 3.29. The highest BCUT2D eigenvalue weighted by atomic mass is 15.2. The number of aryl methyl sites for hydroxylation is 3. The van der Waals surface area contributed by atoms with Crippen molar-refractivity contribution in [1.29, 1.82) is 0 Å². The van der Waals surface area contributed by atoms with Gasteiger partial charge >= 0.3 is 0 Å². The Bertz CT molecular complexity index is 799. The van der Waals surface area contributed by atoms with Crippen molar-refractivity contribution in [2.45, 2.75) is 20.8 Å². The molecule has 4 nitrogen and oxygen atoms in total. The predicted octanol–water partition coefficient (Wildman–Crippen LogP) is 4.67. The molecule has 2 aromatic heterocycles. The number of pyridine rings is 1. The summed E-state index contributed by atoms with van der Waals surface area (Å²) in [6.45, 7) is 6.03. The second kappa shape index (κ2) is 4.89. The Morgan fingerprint density at radius 2 is 1.80 bits per heavy atom. The normalized spacial score (nSPS) is 11.6. The molecule has 0 fully saturated rings. The SMILES string of the molecule is Cc1ccn2c(N=Nc3ccccc3C)c(C)nc2c1. The van der Waals surface area contributed by atoms with Gasteiger partial charge in [0.1, 0.15) is 5.65 Å². The topological polar surface area (TPSA) is 42.0 Å². The molecule has 3 aromatic rings. The molecule has 0 bridgehead atoms. The molecule has 4 heteroatoms. The average Bonchev–Trinajstić information content (AvgIpc) is 2.73. The van der Waals surface area contributed by atoms with Crippen LogP contribution in [0.1, 0.15) is 16.8 Å². The minimum Gasteiger partial charge on any atom is -0.283 e. The van der Waals surface area contributed by atoms with Gasteiger partial charge in [-0.3, -0.25) is 4.40 Å². The minimum atomic E-state index is 0.781. The molecule has 100 valence electrons. The molecular formula is C16H16N4. The summed E-state index contributed by atoms with van der Waals surface area (Å²) in [5.41, 5.74) is 4.96. The van der Waals surface area contributed by atoms with E-state index in [2.05, 4.69) is 22.1 Å². The molecule has 2 heterocycles. The summed E-state index contributed by atoms with van der Waals surface area (Å²) < 4.78 is 1.96. The molecule has 0 aliphatic rings. The fourth-order valence-corrected chi connectivity index (χ4v) is 2.15. The second-order valence-corrected chi connectivity index (χ2v) is 4.94. The zero-order valence-electron chi connectivity index (χ0n) is 11.8. The third kappa shape index (κ3) is 2.20. The first-order chi connectivity index (χ1) is 9.65. The average molecular weight is 264 g/mol. The van der Waals surface area contributed by atoms with Crippen LogP contribution in [0.5, 0.6) is 0 Å². The summed E-state index contributed by atoms with van der Waals surface area (Å²) >= 11 is 0. The lowest BCUT2D eigenvalue weighted by molar-refractivity contribution is 1.09. The first kappa shape index (κ1) is 12.5. The number of rotatable bonds is 2. The molecule has 0 unspecified atom stereocenters. The first-order valence-corrected chi connectivity index (χ1v) is 6.58. The van der Waals surface area contributed by atoms with E-state index in [0.29, 0.717) is 0 Å². The monoisotopic (exact) mass is 264 g/mol. The van der Waals surface area contributed by atoms with Crippen LogP contribution in [-0.4, -0.2) is 9.38 Å². The minimum absolute atomic E-state index is 0.781. The van der Waals surface area contributed by atoms with Crippen LogP contribution in [-0.2, 0) is 0 Å². The van der Waals surface area contributed by atoms with Crippen molar-refractivity contribution in [1.82, 2.24) is 9.38 Å². The molecule has 3 rings (SSSR count). The number of aromatic nitrogens is 2. The largest absolute Gasteiger partial charge is 0.283 e. The number of hydrogen-bond acceptors (Lipinski definition) is 3. The predicted molar refractivity (Wildman–Crippen MR) is 80.0 cm³/mol. The third-order valence-corrected chi connectivity index (χ3v) is 3.29. The van der Waals surface area contributed by atoms with Crippen molar-refractivity contribution in [3.63, 3.8) is 0 Å². The van der Waals surface area contributed by atoms with Gasteiger partial charge in [-0.25, -0.2) is 4.98 Å². The van der Waals surface area contributed by atoms with Gasteiger partial charge in [-0.2, -0.15) is 0 Å². The molecule has 0 spiro atoms. The van der Waals surface area contributed by atoms with Gasteiger partial charge in [0.25, 0.3) is 0 Å². The van der Waals surface area contributed by atoms with E-state index in [1.807, 2.05) is 60.8 Å². The fourth-order valence-electron chi connectivity index (χ4n) is 2.15. The van der Waals surface area contributed by atoms with Gasteiger partial charge in [0.05, 0.1) is 11.4 Å². The number of nitrogens with zero attached hydrogens (tertiary/aromatic N) is 4. The van der Waals surface area contributed by atoms with Crippen LogP contribution in [0.3, 0.4) is 0 Å². The van der Waals surface area contributed by atoms with Crippen LogP contribution in [0.4, 0.5) is 11.5 Å². The van der Waals surface area contributed by atoms with Crippen molar-refractivity contribution >= 4 is 17.2 Å². The molecule has 0 saturated carbocycles. The number of azo groups is 1. The lowest BCUT2D eigenvalue weighted by Gasteiger charge is -1.99. The summed E-state index contributed by atoms with van der Waals surface area (Å²) in [7, 11) is 0. The lowest BCUT2D eigenvalue weighted by atomic mass is 10.2. The highest BCUT2D eigenvalue weighted by Crippen LogP contribution is 2.25. The van der Waals surface area contributed by atoms with E-state index in [1.165, 1.54) is 5.56 Å². The molecule has 0 radical (unpaired) electrons. The van der Waals surface area contributed by atoms with Crippen LogP contribution in [0, 0.1) is 20.8 Å². The number of hydrogen-bond donors (Lipinski definition) is 0. The van der Waals surface area contributed by atoms with E-state index in [-0.39, 0.29) is 0 Å². The van der Waals surface area contributed by atoms with Crippen LogP contribution in [0.2, 0.25) is 0 Å². The van der Waals surface area contributed by atoms with Crippen molar-refractivity contribution < 1.29 is 0 Å². The Kier molecular flexibility index (Phi) is 3.06. The second-order valence-electron chi connectivity index (χ2n) is 4.94. The molecule has 0 amide bonds. The summed E-state index contributed by atoms with van der Waals surface area (Å²) in [6, 6.07) is 12.0. The highest BCUT2D eigenvalue weighted by molar-refractivity contribution is 5.53. The molecule has 0 atom stereocenters. The number of fused-ring (bicyclic) bond motifs is 1. The Labute approximate surface area is 117 Å². The molecule has 0 N–H and O–H groups in total. The number of benzene rings is 1. The standard InChI is InChI=1S/C16H16N4/c1-11-8-9-20-15(10-11)17-13(3)16(20)19-18-14-7-5-4-6-12(14)2/h4-10H,1-3H3. The quantitative estimate of drug-likeness (QED) is 0.620. The Morgan fingerprint density at radius 1 is 1.00 bits per heavy atom. The van der Waals surface area contributed by atoms with Crippen molar-refractivity contribution in [2.75, 3.05) is 0 Å². The number of imidazole rings is 1. The molecule has 0 saturated heterocycles. The van der Waals surface area contributed by atoms with Gasteiger partial charge in [0, 0.05) is 6.20 Å². The van der Waals surface area contributed by atoms with Crippen LogP contribution >= 0.6 is 0 Å². The maximum absolute atomic E-state index is 4.52. The summed E-state index contributed by atoms with van der Waals surface area (Å²) in [6.07, 6.45) is 1.98. The fraction of sp³-hybridized carbons (Fsp3) is 0.188. The Morgan fingerprint density at radius 3 is 2.60 bits per heavy atom. The van der Waals surface area contributed by atoms with Gasteiger partial charge in [0.2, 0.25) is 0 Å². The molecular weight excluding hydrogens is 248 g/mol. The maximum Gasteiger partial charge on any atom is 0.182 e. The molecule has 0 aliphatic heterocycles. The molecule has 20 heavy (non-hydrogen) atoms. The van der Waals surface area contributed by atoms with Crippen LogP contribution in [0.15, 0.2) is 52.8 Å². The Hall–Kier alpha value is -2.49. The summed E-state index contributed by atoms with van der Waals surface area (Å²) in [5.74, 6) is 0.781. The molecule has 1 aromatic carbocycles. The van der Waals surface area contributed by atoms with Crippen LogP contribution in [0.25, 0.3) is 5.65 Å². The zero-order chi connectivity index (χ0) is 14.1. The van der Waals surface area contributed by atoms with E-state index >= 15 is 0 Å². The Balaban J connectivity index is 2.07. The van der Waals surface area contributed by atoms with E-state index in [9.17, 15) is 0 Å². The van der Waals surface area contributed by atoms with Crippen molar-refractivity contribution in [3.05, 3.63) is 59.4 Å². The zero-order valence-corrected chi connectivity index (χ0v) is 11.8. The molecule has 0 aliphatic carbocycles. The van der Waals surface area contributed by atoms with Crippen molar-refractivity contribution in [3.8, 4) is 0 Å². The van der Waals surface area contributed by atoms with Gasteiger partial charge in [-0.1, -0.05) is 18.2 Å².